The average molecular weight is 409 g/mol. The maximum atomic E-state index is 11.5. The van der Waals surface area contributed by atoms with Crippen molar-refractivity contribution in [1.82, 2.24) is 0 Å². The Morgan fingerprint density at radius 1 is 1.04 bits per heavy atom. The van der Waals surface area contributed by atoms with Crippen LogP contribution >= 0.6 is 15.9 Å². The predicted octanol–water partition coefficient (Wildman–Crippen LogP) is 1.10. The lowest BCUT2D eigenvalue weighted by Crippen LogP contribution is -2.60. The summed E-state index contributed by atoms with van der Waals surface area (Å²) in [6, 6.07) is 0. The second-order valence-corrected chi connectivity index (χ2v) is 5.97. The van der Waals surface area contributed by atoms with E-state index < -0.39 is 47.3 Å². The fraction of sp³-hybridized carbons (Fsp3) is 0.667. The van der Waals surface area contributed by atoms with Gasteiger partial charge in [-0.2, -0.15) is 0 Å². The molecule has 0 aromatic rings. The zero-order valence-corrected chi connectivity index (χ0v) is 15.3. The molecule has 9 heteroatoms. The third-order valence-electron chi connectivity index (χ3n) is 3.04. The molecule has 0 N–H and O–H groups in total. The van der Waals surface area contributed by atoms with Crippen molar-refractivity contribution in [2.45, 2.75) is 50.2 Å². The van der Waals surface area contributed by atoms with Gasteiger partial charge in [0.05, 0.1) is 6.61 Å². The van der Waals surface area contributed by atoms with Crippen LogP contribution in [0.2, 0.25) is 0 Å². The van der Waals surface area contributed by atoms with Gasteiger partial charge in [-0.25, -0.2) is 0 Å². The standard InChI is InChI=1S/C15H21BrO8/c1-5-6-20-14-13(23-10(4)19)12(22-9(3)18)11(24-15(14)16)7-21-8(2)17/h5,11-15H,1,6-7H2,2-4H3/t11-,12-,13+,14-,15+/m1/s1. The summed E-state index contributed by atoms with van der Waals surface area (Å²) >= 11 is 3.30. The number of rotatable bonds is 7. The van der Waals surface area contributed by atoms with E-state index in [2.05, 4.69) is 22.5 Å². The lowest BCUT2D eigenvalue weighted by molar-refractivity contribution is -0.237. The van der Waals surface area contributed by atoms with Crippen LogP contribution in [0, 0.1) is 0 Å². The average Bonchev–Trinajstić information content (AvgIpc) is 2.46. The van der Waals surface area contributed by atoms with Crippen molar-refractivity contribution < 1.29 is 38.1 Å². The molecule has 0 aromatic carbocycles. The summed E-state index contributed by atoms with van der Waals surface area (Å²) in [7, 11) is 0. The quantitative estimate of drug-likeness (QED) is 0.267. The molecule has 0 radical (unpaired) electrons. The highest BCUT2D eigenvalue weighted by molar-refractivity contribution is 9.09. The van der Waals surface area contributed by atoms with Gasteiger partial charge in [-0.05, 0) is 0 Å². The summed E-state index contributed by atoms with van der Waals surface area (Å²) in [6.07, 6.45) is -1.98. The minimum atomic E-state index is -0.991. The van der Waals surface area contributed by atoms with Crippen molar-refractivity contribution in [3.8, 4) is 0 Å². The van der Waals surface area contributed by atoms with E-state index in [1.165, 1.54) is 26.8 Å². The number of alkyl halides is 1. The molecule has 0 amide bonds. The largest absolute Gasteiger partial charge is 0.463 e. The third kappa shape index (κ3) is 6.21. The van der Waals surface area contributed by atoms with Gasteiger partial charge in [-0.15, -0.1) is 6.58 Å². The Labute approximate surface area is 148 Å². The normalized spacial score (nSPS) is 29.4. The molecule has 0 spiro atoms. The van der Waals surface area contributed by atoms with E-state index in [9.17, 15) is 14.4 Å². The van der Waals surface area contributed by atoms with Crippen LogP contribution in [0.5, 0.6) is 0 Å². The number of esters is 3. The first kappa shape index (κ1) is 20.6. The highest BCUT2D eigenvalue weighted by Crippen LogP contribution is 2.31. The first-order valence-electron chi connectivity index (χ1n) is 7.26. The zero-order chi connectivity index (χ0) is 18.3. The zero-order valence-electron chi connectivity index (χ0n) is 13.7. The van der Waals surface area contributed by atoms with Gasteiger partial charge in [0.25, 0.3) is 0 Å². The Morgan fingerprint density at radius 3 is 2.12 bits per heavy atom. The molecule has 1 aliphatic rings. The first-order valence-corrected chi connectivity index (χ1v) is 8.17. The second kappa shape index (κ2) is 9.75. The number of carbonyl (C=O) groups is 3. The minimum absolute atomic E-state index is 0.165. The van der Waals surface area contributed by atoms with Gasteiger partial charge in [-0.3, -0.25) is 14.4 Å². The molecule has 136 valence electrons. The number of hydrogen-bond donors (Lipinski definition) is 0. The maximum Gasteiger partial charge on any atom is 0.303 e. The SMILES string of the molecule is C=CCO[C@@H]1[C@@H](OC(C)=O)[C@H](OC(C)=O)[C@@H](COC(C)=O)O[C@@H]1Br. The van der Waals surface area contributed by atoms with Crippen LogP contribution in [0.1, 0.15) is 20.8 Å². The molecule has 8 nitrogen and oxygen atoms in total. The Kier molecular flexibility index (Phi) is 8.37. The number of halogens is 1. The molecule has 1 heterocycles. The summed E-state index contributed by atoms with van der Waals surface area (Å²) in [4.78, 5) is 33.9. The van der Waals surface area contributed by atoms with E-state index in [0.717, 1.165) is 0 Å². The van der Waals surface area contributed by atoms with E-state index in [-0.39, 0.29) is 13.2 Å². The Bertz CT molecular complexity index is 480. The lowest BCUT2D eigenvalue weighted by Gasteiger charge is -2.43. The fourth-order valence-corrected chi connectivity index (χ4v) is 2.94. The summed E-state index contributed by atoms with van der Waals surface area (Å²) in [5.74, 6) is -1.68. The van der Waals surface area contributed by atoms with Gasteiger partial charge in [0.2, 0.25) is 0 Å². The summed E-state index contributed by atoms with van der Waals surface area (Å²) in [6.45, 7) is 7.26. The topological polar surface area (TPSA) is 97.4 Å². The summed E-state index contributed by atoms with van der Waals surface area (Å²) in [5, 5.41) is -0.672. The van der Waals surface area contributed by atoms with E-state index in [4.69, 9.17) is 23.7 Å². The molecule has 24 heavy (non-hydrogen) atoms. The molecule has 1 fully saturated rings. The molecule has 0 aliphatic carbocycles. The summed E-state index contributed by atoms with van der Waals surface area (Å²) < 4.78 is 26.7. The Morgan fingerprint density at radius 2 is 1.62 bits per heavy atom. The predicted molar refractivity (Wildman–Crippen MR) is 85.3 cm³/mol. The highest BCUT2D eigenvalue weighted by Gasteiger charge is 2.50. The molecule has 0 unspecified atom stereocenters. The second-order valence-electron chi connectivity index (χ2n) is 5.06. The highest BCUT2D eigenvalue weighted by atomic mass is 79.9. The molecule has 0 bridgehead atoms. The number of ether oxygens (including phenoxy) is 5. The molecule has 0 aromatic heterocycles. The number of hydrogen-bond acceptors (Lipinski definition) is 8. The Balaban J connectivity index is 3.06. The number of carbonyl (C=O) groups excluding carboxylic acids is 3. The van der Waals surface area contributed by atoms with Crippen molar-refractivity contribution in [2.75, 3.05) is 13.2 Å². The van der Waals surface area contributed by atoms with Crippen molar-refractivity contribution in [3.63, 3.8) is 0 Å². The van der Waals surface area contributed by atoms with Gasteiger partial charge >= 0.3 is 17.9 Å². The van der Waals surface area contributed by atoms with E-state index in [0.29, 0.717) is 0 Å². The molecule has 0 saturated carbocycles. The van der Waals surface area contributed by atoms with Gasteiger partial charge in [-0.1, -0.05) is 22.0 Å². The van der Waals surface area contributed by atoms with Gasteiger partial charge in [0.1, 0.15) is 23.8 Å². The van der Waals surface area contributed by atoms with Crippen LogP contribution in [0.15, 0.2) is 12.7 Å². The van der Waals surface area contributed by atoms with Crippen molar-refractivity contribution >= 4 is 33.8 Å². The minimum Gasteiger partial charge on any atom is -0.463 e. The maximum absolute atomic E-state index is 11.5. The van der Waals surface area contributed by atoms with Gasteiger partial charge in [0.15, 0.2) is 12.2 Å². The molecule has 1 saturated heterocycles. The van der Waals surface area contributed by atoms with Crippen LogP contribution in [-0.2, 0) is 38.1 Å². The summed E-state index contributed by atoms with van der Waals surface area (Å²) in [5.41, 5.74) is 0. The van der Waals surface area contributed by atoms with Crippen LogP contribution in [0.25, 0.3) is 0 Å². The van der Waals surface area contributed by atoms with Crippen LogP contribution < -0.4 is 0 Å². The molecular weight excluding hydrogens is 388 g/mol. The third-order valence-corrected chi connectivity index (χ3v) is 3.78. The molecule has 1 rings (SSSR count). The van der Waals surface area contributed by atoms with Gasteiger partial charge < -0.3 is 23.7 Å². The molecule has 1 aliphatic heterocycles. The van der Waals surface area contributed by atoms with E-state index >= 15 is 0 Å². The Hall–Kier alpha value is -1.45. The smallest absolute Gasteiger partial charge is 0.303 e. The van der Waals surface area contributed by atoms with Crippen LogP contribution in [0.4, 0.5) is 0 Å². The molecular formula is C15H21BrO8. The van der Waals surface area contributed by atoms with Crippen molar-refractivity contribution in [2.24, 2.45) is 0 Å². The molecule has 5 atom stereocenters. The van der Waals surface area contributed by atoms with E-state index in [1.54, 1.807) is 0 Å². The van der Waals surface area contributed by atoms with Crippen LogP contribution in [0.3, 0.4) is 0 Å². The van der Waals surface area contributed by atoms with Crippen molar-refractivity contribution in [1.29, 1.82) is 0 Å². The fourth-order valence-electron chi connectivity index (χ4n) is 2.21. The van der Waals surface area contributed by atoms with Gasteiger partial charge in [0, 0.05) is 20.8 Å². The van der Waals surface area contributed by atoms with Crippen LogP contribution in [-0.4, -0.2) is 60.6 Å². The van der Waals surface area contributed by atoms with E-state index in [1.807, 2.05) is 0 Å². The van der Waals surface area contributed by atoms with Crippen molar-refractivity contribution in [3.05, 3.63) is 12.7 Å². The first-order chi connectivity index (χ1) is 11.3. The lowest BCUT2D eigenvalue weighted by atomic mass is 9.99. The monoisotopic (exact) mass is 408 g/mol.